The molecule has 4 rings (SSSR count). The van der Waals surface area contributed by atoms with Gasteiger partial charge in [-0.05, 0) is 31.6 Å². The van der Waals surface area contributed by atoms with Crippen LogP contribution in [-0.2, 0) is 14.4 Å². The third-order valence-electron chi connectivity index (χ3n) is 6.99. The number of primary amides is 1. The lowest BCUT2D eigenvalue weighted by molar-refractivity contribution is -0.169. The Bertz CT molecular complexity index is 1150. The molecule has 0 aliphatic heterocycles. The number of rotatable bonds is 2. The Kier molecular flexibility index (Phi) is 6.96. The molecule has 186 valence electrons. The molecule has 6 atom stereocenters. The zero-order valence-corrected chi connectivity index (χ0v) is 19.3. The Labute approximate surface area is 200 Å². The summed E-state index contributed by atoms with van der Waals surface area (Å²) in [5.41, 5.74) is 1.47. The summed E-state index contributed by atoms with van der Waals surface area (Å²) in [5.74, 6) is -8.87. The molecule has 0 heterocycles. The molecule has 3 aliphatic rings. The van der Waals surface area contributed by atoms with Gasteiger partial charge in [-0.1, -0.05) is 19.1 Å². The number of phenols is 1. The molecule has 34 heavy (non-hydrogen) atoms. The van der Waals surface area contributed by atoms with Crippen molar-refractivity contribution >= 4 is 35.6 Å². The highest BCUT2D eigenvalue weighted by Crippen LogP contribution is 2.55. The van der Waals surface area contributed by atoms with Gasteiger partial charge in [0, 0.05) is 11.5 Å². The Morgan fingerprint density at radius 1 is 1.15 bits per heavy atom. The van der Waals surface area contributed by atoms with E-state index in [-0.39, 0.29) is 29.2 Å². The number of carbonyl (C=O) groups is 3. The van der Waals surface area contributed by atoms with E-state index >= 15 is 0 Å². The largest absolute Gasteiger partial charge is 0.508 e. The predicted octanol–water partition coefficient (Wildman–Crippen LogP) is -0.907. The van der Waals surface area contributed by atoms with E-state index in [1.807, 2.05) is 0 Å². The quantitative estimate of drug-likeness (QED) is 0.278. The summed E-state index contributed by atoms with van der Waals surface area (Å²) in [6, 6.07) is 3.13. The van der Waals surface area contributed by atoms with Crippen LogP contribution in [0.1, 0.15) is 24.0 Å². The maximum Gasteiger partial charge on any atom is 0.255 e. The number of aliphatic hydroxyl groups is 4. The van der Waals surface area contributed by atoms with Gasteiger partial charge in [-0.25, -0.2) is 0 Å². The number of nitrogens with two attached hydrogens (primary N) is 1. The van der Waals surface area contributed by atoms with Crippen molar-refractivity contribution in [3.63, 3.8) is 0 Å². The summed E-state index contributed by atoms with van der Waals surface area (Å²) >= 11 is 0. The van der Waals surface area contributed by atoms with E-state index in [1.165, 1.54) is 25.1 Å². The van der Waals surface area contributed by atoms with E-state index in [0.29, 0.717) is 5.56 Å². The topological polar surface area (TPSA) is 213 Å². The Hall–Kier alpha value is -2.96. The van der Waals surface area contributed by atoms with Gasteiger partial charge in [0.2, 0.25) is 5.78 Å². The smallest absolute Gasteiger partial charge is 0.255 e. The van der Waals surface area contributed by atoms with Crippen molar-refractivity contribution in [3.8, 4) is 5.75 Å². The number of hydrogen-bond acceptors (Lipinski definition) is 9. The number of aromatic hydroxyl groups is 1. The summed E-state index contributed by atoms with van der Waals surface area (Å²) in [7, 11) is 2.92. The highest BCUT2D eigenvalue weighted by molar-refractivity contribution is 6.24. The zero-order chi connectivity index (χ0) is 23.9. The van der Waals surface area contributed by atoms with Crippen molar-refractivity contribution in [1.29, 1.82) is 0 Å². The molecule has 1 fully saturated rings. The van der Waals surface area contributed by atoms with Gasteiger partial charge < -0.3 is 36.7 Å². The third kappa shape index (κ3) is 3.16. The number of phenolic OH excluding ortho intramolecular Hbond substituents is 1. The molecule has 0 radical (unpaired) electrons. The van der Waals surface area contributed by atoms with Gasteiger partial charge in [0.1, 0.15) is 22.8 Å². The highest BCUT2D eigenvalue weighted by Gasteiger charge is 2.68. The molecule has 1 aromatic carbocycles. The van der Waals surface area contributed by atoms with Crippen LogP contribution in [0.2, 0.25) is 0 Å². The molecular weight excluding hydrogens is 472 g/mol. The monoisotopic (exact) mass is 498 g/mol. The maximum atomic E-state index is 13.7. The average Bonchev–Trinajstić information content (AvgIpc) is 2.70. The Morgan fingerprint density at radius 2 is 1.74 bits per heavy atom. The number of ketones is 2. The first-order chi connectivity index (χ1) is 14.9. The number of likely N-dealkylation sites (N-methyl/N-ethyl adjacent to an activating group) is 1. The lowest BCUT2D eigenvalue weighted by atomic mass is 9.54. The van der Waals surface area contributed by atoms with Crippen LogP contribution in [0, 0.1) is 11.8 Å². The van der Waals surface area contributed by atoms with Crippen LogP contribution in [0.5, 0.6) is 5.75 Å². The second kappa shape index (κ2) is 8.67. The first kappa shape index (κ1) is 27.3. The molecule has 0 saturated heterocycles. The SMILES string of the molecule is CC1c2cccc(O)c2C(O)=C2C(=O)[C@@]3(O)C(O)=C(C(N)=O)C(=O)C(N(C)C)[C@H]3C(O)[C@H]21.Cl.O. The van der Waals surface area contributed by atoms with Crippen LogP contribution in [-0.4, -0.2) is 85.2 Å². The first-order valence-electron chi connectivity index (χ1n) is 10.0. The van der Waals surface area contributed by atoms with Crippen LogP contribution >= 0.6 is 12.4 Å². The summed E-state index contributed by atoms with van der Waals surface area (Å²) < 4.78 is 0. The molecule has 3 unspecified atom stereocenters. The van der Waals surface area contributed by atoms with Crippen LogP contribution in [0.15, 0.2) is 35.1 Å². The van der Waals surface area contributed by atoms with Crippen molar-refractivity contribution in [2.24, 2.45) is 17.6 Å². The zero-order valence-electron chi connectivity index (χ0n) is 18.5. The van der Waals surface area contributed by atoms with Crippen LogP contribution < -0.4 is 5.73 Å². The molecule has 3 aliphatic carbocycles. The minimum absolute atomic E-state index is 0. The molecule has 1 aromatic rings. The van der Waals surface area contributed by atoms with Gasteiger partial charge in [-0.15, -0.1) is 12.4 Å². The number of Topliss-reactive ketones (excluding diaryl/α,β-unsaturated/α-hetero) is 2. The third-order valence-corrected chi connectivity index (χ3v) is 6.99. The Morgan fingerprint density at radius 3 is 2.26 bits per heavy atom. The second-order valence-electron chi connectivity index (χ2n) is 8.79. The number of aliphatic hydroxyl groups excluding tert-OH is 3. The number of benzene rings is 1. The van der Waals surface area contributed by atoms with Gasteiger partial charge >= 0.3 is 0 Å². The normalized spacial score (nSPS) is 32.4. The van der Waals surface area contributed by atoms with E-state index in [9.17, 15) is 39.9 Å². The fraction of sp³-hybridized carbons (Fsp3) is 0.409. The second-order valence-corrected chi connectivity index (χ2v) is 8.79. The number of nitrogens with zero attached hydrogens (tertiary/aromatic N) is 1. The van der Waals surface area contributed by atoms with Crippen molar-refractivity contribution in [2.45, 2.75) is 30.6 Å². The predicted molar refractivity (Wildman–Crippen MR) is 121 cm³/mol. The molecule has 1 saturated carbocycles. The molecule has 0 bridgehead atoms. The number of halogens is 1. The minimum atomic E-state index is -2.89. The molecule has 1 amide bonds. The highest BCUT2D eigenvalue weighted by atomic mass is 35.5. The van der Waals surface area contributed by atoms with Crippen molar-refractivity contribution in [1.82, 2.24) is 4.90 Å². The van der Waals surface area contributed by atoms with E-state index < -0.39 is 75.6 Å². The van der Waals surface area contributed by atoms with Crippen LogP contribution in [0.3, 0.4) is 0 Å². The number of fused-ring (bicyclic) bond motifs is 3. The molecular formula is C22H27ClN2O9. The summed E-state index contributed by atoms with van der Waals surface area (Å²) in [4.78, 5) is 40.0. The van der Waals surface area contributed by atoms with Gasteiger partial charge in [0.15, 0.2) is 11.4 Å². The van der Waals surface area contributed by atoms with E-state index in [2.05, 4.69) is 0 Å². The van der Waals surface area contributed by atoms with Gasteiger partial charge in [-0.3, -0.25) is 19.3 Å². The fourth-order valence-electron chi connectivity index (χ4n) is 5.58. The Balaban J connectivity index is 0.00000204. The van der Waals surface area contributed by atoms with Crippen molar-refractivity contribution in [3.05, 3.63) is 46.2 Å². The molecule has 12 heteroatoms. The van der Waals surface area contributed by atoms with E-state index in [1.54, 1.807) is 19.1 Å². The number of carbonyl (C=O) groups excluding carboxylic acids is 3. The number of hydrogen-bond donors (Lipinski definition) is 6. The summed E-state index contributed by atoms with van der Waals surface area (Å²) in [5, 5.41) is 54.9. The van der Waals surface area contributed by atoms with Gasteiger partial charge in [0.05, 0.1) is 23.6 Å². The van der Waals surface area contributed by atoms with Crippen molar-refractivity contribution in [2.75, 3.05) is 14.1 Å². The van der Waals surface area contributed by atoms with E-state index in [4.69, 9.17) is 5.73 Å². The van der Waals surface area contributed by atoms with Gasteiger partial charge in [-0.2, -0.15) is 0 Å². The standard InChI is InChI=1S/C22H24N2O8.ClH.H2O/c1-7-8-5-4-6-9(25)11(8)16(26)12-10(7)17(27)14-15(24(2)3)18(28)13(21(23)31)20(30)22(14,32)19(12)29;;/h4-7,10,14-15,17,25-27,30,32H,1-3H3,(H2,23,31);1H;1H2/t7?,10-,14-,15?,17?,22+;;/m0../s1. The van der Waals surface area contributed by atoms with Crippen molar-refractivity contribution < 1.29 is 45.4 Å². The first-order valence-corrected chi connectivity index (χ1v) is 10.0. The number of amides is 1. The van der Waals surface area contributed by atoms with Crippen LogP contribution in [0.4, 0.5) is 0 Å². The molecule has 0 aromatic heterocycles. The fourth-order valence-corrected chi connectivity index (χ4v) is 5.58. The summed E-state index contributed by atoms with van der Waals surface area (Å²) in [6.45, 7) is 1.68. The molecule has 11 nitrogen and oxygen atoms in total. The minimum Gasteiger partial charge on any atom is -0.508 e. The lowest BCUT2D eigenvalue weighted by Gasteiger charge is -2.53. The average molecular weight is 499 g/mol. The molecule has 9 N–H and O–H groups in total. The van der Waals surface area contributed by atoms with E-state index in [0.717, 1.165) is 0 Å². The lowest BCUT2D eigenvalue weighted by Crippen LogP contribution is -2.70. The maximum absolute atomic E-state index is 13.7. The summed E-state index contributed by atoms with van der Waals surface area (Å²) in [6.07, 6.45) is -1.59. The van der Waals surface area contributed by atoms with Gasteiger partial charge in [0.25, 0.3) is 5.91 Å². The molecule has 0 spiro atoms. The van der Waals surface area contributed by atoms with Crippen LogP contribution in [0.25, 0.3) is 5.76 Å².